The summed E-state index contributed by atoms with van der Waals surface area (Å²) < 4.78 is 7.64. The van der Waals surface area contributed by atoms with Crippen LogP contribution in [0.3, 0.4) is 0 Å². The maximum atomic E-state index is 12.7. The molecule has 0 fully saturated rings. The average Bonchev–Trinajstić information content (AvgIpc) is 3.25. The van der Waals surface area contributed by atoms with E-state index in [9.17, 15) is 9.59 Å². The van der Waals surface area contributed by atoms with Crippen LogP contribution in [0.5, 0.6) is 0 Å². The van der Waals surface area contributed by atoms with Crippen LogP contribution in [0.4, 0.5) is 0 Å². The van der Waals surface area contributed by atoms with Crippen molar-refractivity contribution < 1.29 is 14.3 Å². The van der Waals surface area contributed by atoms with Crippen LogP contribution in [-0.4, -0.2) is 33.1 Å². The Morgan fingerprint density at radius 1 is 1.00 bits per heavy atom. The van der Waals surface area contributed by atoms with Gasteiger partial charge in [0.1, 0.15) is 0 Å². The first-order valence-corrected chi connectivity index (χ1v) is 11.3. The molecule has 166 valence electrons. The number of Topliss-reactive ketones (excluding diaryl/α,β-unsaturated/α-hetero) is 1. The van der Waals surface area contributed by atoms with E-state index in [0.717, 1.165) is 21.2 Å². The van der Waals surface area contributed by atoms with Crippen molar-refractivity contribution in [2.24, 2.45) is 0 Å². The number of benzene rings is 3. The molecule has 0 aliphatic heterocycles. The third-order valence-electron chi connectivity index (χ3n) is 5.00. The molecule has 33 heavy (non-hydrogen) atoms. The Kier molecular flexibility index (Phi) is 6.72. The van der Waals surface area contributed by atoms with Gasteiger partial charge in [0.25, 0.3) is 5.82 Å². The lowest BCUT2D eigenvalue weighted by molar-refractivity contribution is 0.0462. The number of esters is 1. The lowest BCUT2D eigenvalue weighted by Gasteiger charge is -2.09. The number of aromatic nitrogens is 3. The monoisotopic (exact) mass is 523 g/mol. The van der Waals surface area contributed by atoms with Gasteiger partial charge >= 0.3 is 5.97 Å². The molecule has 0 unspecified atom stereocenters. The van der Waals surface area contributed by atoms with Gasteiger partial charge in [0.15, 0.2) is 18.2 Å². The van der Waals surface area contributed by atoms with E-state index in [1.165, 1.54) is 0 Å². The van der Waals surface area contributed by atoms with Gasteiger partial charge < -0.3 is 4.74 Å². The lowest BCUT2D eigenvalue weighted by atomic mass is 10.1. The number of hydrogen-bond donors (Lipinski definition) is 0. The van der Waals surface area contributed by atoms with Crippen molar-refractivity contribution in [2.75, 3.05) is 6.61 Å². The molecule has 4 aromatic rings. The SMILES string of the molecule is Cc1ccc(-c2nc(C(=O)OCC(=O)c3ccc(Br)cc3)nn2-c2cc(Cl)ccc2C)cc1. The van der Waals surface area contributed by atoms with Crippen molar-refractivity contribution in [3.63, 3.8) is 0 Å². The second kappa shape index (κ2) is 9.68. The maximum absolute atomic E-state index is 12.7. The summed E-state index contributed by atoms with van der Waals surface area (Å²) in [4.78, 5) is 29.5. The van der Waals surface area contributed by atoms with E-state index in [2.05, 4.69) is 26.0 Å². The zero-order chi connectivity index (χ0) is 23.5. The molecule has 4 rings (SSSR count). The molecular formula is C25H19BrClN3O3. The van der Waals surface area contributed by atoms with Gasteiger partial charge in [-0.05, 0) is 43.7 Å². The maximum Gasteiger partial charge on any atom is 0.378 e. The molecule has 6 nitrogen and oxygen atoms in total. The van der Waals surface area contributed by atoms with Crippen LogP contribution in [0.15, 0.2) is 71.2 Å². The van der Waals surface area contributed by atoms with E-state index in [1.54, 1.807) is 41.1 Å². The van der Waals surface area contributed by atoms with Crippen LogP contribution in [0.2, 0.25) is 5.02 Å². The van der Waals surface area contributed by atoms with Gasteiger partial charge in [0, 0.05) is 20.6 Å². The molecule has 0 spiro atoms. The van der Waals surface area contributed by atoms with Crippen LogP contribution in [0, 0.1) is 13.8 Å². The molecule has 0 amide bonds. The normalized spacial score (nSPS) is 10.8. The van der Waals surface area contributed by atoms with Crippen molar-refractivity contribution in [1.29, 1.82) is 0 Å². The van der Waals surface area contributed by atoms with Gasteiger partial charge in [-0.15, -0.1) is 5.10 Å². The van der Waals surface area contributed by atoms with E-state index in [4.69, 9.17) is 16.3 Å². The highest BCUT2D eigenvalue weighted by Gasteiger charge is 2.22. The number of carbonyl (C=O) groups is 2. The molecule has 8 heteroatoms. The average molecular weight is 525 g/mol. The zero-order valence-corrected chi connectivity index (χ0v) is 20.2. The quantitative estimate of drug-likeness (QED) is 0.228. The third kappa shape index (κ3) is 5.21. The Bertz CT molecular complexity index is 1330. The summed E-state index contributed by atoms with van der Waals surface area (Å²) in [6, 6.07) is 19.9. The largest absolute Gasteiger partial charge is 0.451 e. The number of nitrogens with zero attached hydrogens (tertiary/aromatic N) is 3. The Balaban J connectivity index is 1.65. The Hall–Kier alpha value is -3.29. The molecule has 1 heterocycles. The van der Waals surface area contributed by atoms with E-state index < -0.39 is 12.6 Å². The molecule has 0 aliphatic carbocycles. The van der Waals surface area contributed by atoms with Crippen LogP contribution in [0.1, 0.15) is 32.1 Å². The summed E-state index contributed by atoms with van der Waals surface area (Å²) in [6.07, 6.45) is 0. The number of ketones is 1. The fraction of sp³-hybridized carbons (Fsp3) is 0.120. The summed E-state index contributed by atoms with van der Waals surface area (Å²) in [5.74, 6) is -0.785. The Morgan fingerprint density at radius 3 is 2.39 bits per heavy atom. The summed E-state index contributed by atoms with van der Waals surface area (Å²) in [5.41, 5.74) is 3.91. The smallest absolute Gasteiger partial charge is 0.378 e. The highest BCUT2D eigenvalue weighted by Crippen LogP contribution is 2.26. The molecule has 0 saturated carbocycles. The Morgan fingerprint density at radius 2 is 1.70 bits per heavy atom. The number of ether oxygens (including phenoxy) is 1. The summed E-state index contributed by atoms with van der Waals surface area (Å²) in [5, 5.41) is 4.93. The van der Waals surface area contributed by atoms with E-state index in [-0.39, 0.29) is 11.6 Å². The lowest BCUT2D eigenvalue weighted by Crippen LogP contribution is -2.15. The Labute approximate surface area is 204 Å². The molecule has 0 radical (unpaired) electrons. The van der Waals surface area contributed by atoms with E-state index in [0.29, 0.717) is 22.1 Å². The van der Waals surface area contributed by atoms with E-state index in [1.807, 2.05) is 44.2 Å². The van der Waals surface area contributed by atoms with Gasteiger partial charge in [0.2, 0.25) is 0 Å². The molecule has 0 N–H and O–H groups in total. The van der Waals surface area contributed by atoms with Gasteiger partial charge in [-0.25, -0.2) is 14.5 Å². The summed E-state index contributed by atoms with van der Waals surface area (Å²) in [7, 11) is 0. The second-order valence-corrected chi connectivity index (χ2v) is 8.83. The van der Waals surface area contributed by atoms with Gasteiger partial charge in [-0.1, -0.05) is 75.6 Å². The minimum absolute atomic E-state index is 0.145. The van der Waals surface area contributed by atoms with Gasteiger partial charge in [-0.3, -0.25) is 4.79 Å². The molecule has 3 aromatic carbocycles. The van der Waals surface area contributed by atoms with Gasteiger partial charge in [-0.2, -0.15) is 0 Å². The first-order chi connectivity index (χ1) is 15.8. The first-order valence-electron chi connectivity index (χ1n) is 10.1. The summed E-state index contributed by atoms with van der Waals surface area (Å²) in [6.45, 7) is 3.49. The van der Waals surface area contributed by atoms with Gasteiger partial charge in [0.05, 0.1) is 5.69 Å². The molecule has 0 bridgehead atoms. The second-order valence-electron chi connectivity index (χ2n) is 7.47. The van der Waals surface area contributed by atoms with Crippen LogP contribution < -0.4 is 0 Å². The van der Waals surface area contributed by atoms with E-state index >= 15 is 0 Å². The fourth-order valence-corrected chi connectivity index (χ4v) is 3.61. The van der Waals surface area contributed by atoms with Crippen LogP contribution in [-0.2, 0) is 4.74 Å². The number of aryl methyl sites for hydroxylation is 2. The minimum atomic E-state index is -0.785. The third-order valence-corrected chi connectivity index (χ3v) is 5.76. The highest BCUT2D eigenvalue weighted by molar-refractivity contribution is 9.10. The van der Waals surface area contributed by atoms with Crippen molar-refractivity contribution in [3.8, 4) is 17.1 Å². The molecule has 1 aromatic heterocycles. The number of hydrogen-bond acceptors (Lipinski definition) is 5. The minimum Gasteiger partial charge on any atom is -0.451 e. The fourth-order valence-electron chi connectivity index (χ4n) is 3.18. The number of halogens is 2. The van der Waals surface area contributed by atoms with Crippen molar-refractivity contribution in [3.05, 3.63) is 98.7 Å². The molecule has 0 aliphatic rings. The predicted molar refractivity (Wildman–Crippen MR) is 130 cm³/mol. The first kappa shape index (κ1) is 22.9. The highest BCUT2D eigenvalue weighted by atomic mass is 79.9. The zero-order valence-electron chi connectivity index (χ0n) is 17.9. The van der Waals surface area contributed by atoms with Crippen LogP contribution in [0.25, 0.3) is 17.1 Å². The van der Waals surface area contributed by atoms with Crippen molar-refractivity contribution in [2.45, 2.75) is 13.8 Å². The van der Waals surface area contributed by atoms with Crippen molar-refractivity contribution in [1.82, 2.24) is 14.8 Å². The van der Waals surface area contributed by atoms with Crippen LogP contribution >= 0.6 is 27.5 Å². The standard InChI is InChI=1S/C25H19BrClN3O3/c1-15-3-6-18(7-4-15)24-28-23(29-30(24)21-13-20(27)12-5-16(21)2)25(32)33-14-22(31)17-8-10-19(26)11-9-17/h3-13H,14H2,1-2H3. The summed E-state index contributed by atoms with van der Waals surface area (Å²) >= 11 is 9.54. The topological polar surface area (TPSA) is 74.1 Å². The predicted octanol–water partition coefficient (Wildman–Crippen LogP) is 6.01. The molecular weight excluding hydrogens is 506 g/mol. The number of carbonyl (C=O) groups excluding carboxylic acids is 2. The molecule has 0 saturated heterocycles. The number of rotatable bonds is 6. The van der Waals surface area contributed by atoms with Crippen molar-refractivity contribution >= 4 is 39.3 Å². The molecule has 0 atom stereocenters.